The van der Waals surface area contributed by atoms with Crippen molar-refractivity contribution in [2.24, 2.45) is 10.8 Å². The molecule has 0 bridgehead atoms. The molecule has 2 rings (SSSR count). The van der Waals surface area contributed by atoms with Gasteiger partial charge in [0.15, 0.2) is 12.6 Å². The van der Waals surface area contributed by atoms with Gasteiger partial charge >= 0.3 is 0 Å². The Kier molecular flexibility index (Phi) is 2.39. The van der Waals surface area contributed by atoms with E-state index in [1.54, 1.807) is 0 Å². The first-order valence-corrected chi connectivity index (χ1v) is 5.41. The van der Waals surface area contributed by atoms with Crippen LogP contribution in [0.1, 0.15) is 34.1 Å². The molecule has 2 fully saturated rings. The summed E-state index contributed by atoms with van der Waals surface area (Å²) in [6.45, 7) is 8.30. The molecule has 0 radical (unpaired) electrons. The van der Waals surface area contributed by atoms with E-state index in [-0.39, 0.29) is 23.0 Å². The van der Waals surface area contributed by atoms with E-state index in [9.17, 15) is 10.2 Å². The predicted octanol–water partition coefficient (Wildman–Crippen LogP) is 0.863. The molecule has 2 aliphatic rings. The van der Waals surface area contributed by atoms with Gasteiger partial charge in [-0.25, -0.2) is 0 Å². The molecular weight excluding hydrogens is 196 g/mol. The minimum atomic E-state index is -0.610. The molecule has 2 aliphatic heterocycles. The van der Waals surface area contributed by atoms with Crippen molar-refractivity contribution >= 4 is 0 Å². The molecule has 4 atom stereocenters. The molecule has 0 aromatic carbocycles. The van der Waals surface area contributed by atoms with Crippen molar-refractivity contribution in [2.45, 2.75) is 58.9 Å². The smallest absolute Gasteiger partial charge is 0.182 e. The van der Waals surface area contributed by atoms with Gasteiger partial charge in [0.1, 0.15) is 12.2 Å². The van der Waals surface area contributed by atoms with Crippen molar-refractivity contribution in [2.75, 3.05) is 0 Å². The van der Waals surface area contributed by atoms with Crippen LogP contribution in [0.3, 0.4) is 0 Å². The highest BCUT2D eigenvalue weighted by Gasteiger charge is 2.55. The van der Waals surface area contributed by atoms with E-state index in [4.69, 9.17) is 9.47 Å². The van der Waals surface area contributed by atoms with Crippen LogP contribution in [0.15, 0.2) is 0 Å². The second-order valence-electron chi connectivity index (χ2n) is 6.05. The van der Waals surface area contributed by atoms with Crippen molar-refractivity contribution in [3.05, 3.63) is 0 Å². The van der Waals surface area contributed by atoms with Crippen molar-refractivity contribution < 1.29 is 19.7 Å². The second kappa shape index (κ2) is 3.17. The number of hydrogen-bond acceptors (Lipinski definition) is 4. The highest BCUT2D eigenvalue weighted by atomic mass is 16.7. The largest absolute Gasteiger partial charge is 0.366 e. The maximum atomic E-state index is 9.26. The van der Waals surface area contributed by atoms with Crippen LogP contribution in [0.2, 0.25) is 0 Å². The fraction of sp³-hybridized carbons (Fsp3) is 1.00. The molecule has 2 heterocycles. The summed E-state index contributed by atoms with van der Waals surface area (Å²) in [5, 5.41) is 18.5. The minimum absolute atomic E-state index is 0.0762. The van der Waals surface area contributed by atoms with Gasteiger partial charge in [-0.15, -0.1) is 0 Å². The molecule has 0 aromatic heterocycles. The summed E-state index contributed by atoms with van der Waals surface area (Å²) in [7, 11) is 0. The summed E-state index contributed by atoms with van der Waals surface area (Å²) in [4.78, 5) is 0. The molecule has 0 aromatic rings. The van der Waals surface area contributed by atoms with Crippen molar-refractivity contribution in [1.29, 1.82) is 0 Å². The summed E-state index contributed by atoms with van der Waals surface area (Å²) in [6, 6.07) is 0. The number of aliphatic hydroxyl groups excluding tert-OH is 2. The van der Waals surface area contributed by atoms with E-state index < -0.39 is 12.6 Å². The first-order valence-electron chi connectivity index (χ1n) is 5.41. The molecule has 4 heteroatoms. The maximum absolute atomic E-state index is 9.26. The average molecular weight is 216 g/mol. The molecule has 0 aliphatic carbocycles. The van der Waals surface area contributed by atoms with Crippen LogP contribution in [0.25, 0.3) is 0 Å². The van der Waals surface area contributed by atoms with Crippen LogP contribution in [0.5, 0.6) is 0 Å². The van der Waals surface area contributed by atoms with Crippen molar-refractivity contribution in [1.82, 2.24) is 0 Å². The number of epoxide rings is 2. The Morgan fingerprint density at radius 1 is 0.867 bits per heavy atom. The van der Waals surface area contributed by atoms with Crippen LogP contribution in [-0.2, 0) is 9.47 Å². The van der Waals surface area contributed by atoms with E-state index in [0.29, 0.717) is 0 Å². The Bertz CT molecular complexity index is 235. The molecule has 15 heavy (non-hydrogen) atoms. The lowest BCUT2D eigenvalue weighted by Crippen LogP contribution is -2.32. The van der Waals surface area contributed by atoms with Crippen LogP contribution in [0.4, 0.5) is 0 Å². The topological polar surface area (TPSA) is 65.5 Å². The molecule has 2 N–H and O–H groups in total. The lowest BCUT2D eigenvalue weighted by Gasteiger charge is -2.32. The zero-order chi connectivity index (χ0) is 11.4. The van der Waals surface area contributed by atoms with Gasteiger partial charge in [-0.3, -0.25) is 0 Å². The summed E-state index contributed by atoms with van der Waals surface area (Å²) >= 11 is 0. The van der Waals surface area contributed by atoms with Crippen LogP contribution < -0.4 is 0 Å². The van der Waals surface area contributed by atoms with E-state index in [2.05, 4.69) is 27.7 Å². The molecule has 0 spiro atoms. The van der Waals surface area contributed by atoms with Gasteiger partial charge in [-0.1, -0.05) is 27.7 Å². The third kappa shape index (κ3) is 2.18. The van der Waals surface area contributed by atoms with Gasteiger partial charge in [-0.05, 0) is 17.3 Å². The summed E-state index contributed by atoms with van der Waals surface area (Å²) in [6.07, 6.45) is -0.522. The Morgan fingerprint density at radius 2 is 1.13 bits per heavy atom. The molecular formula is C11H20O4. The highest BCUT2D eigenvalue weighted by molar-refractivity contribution is 4.98. The normalized spacial score (nSPS) is 40.4. The molecule has 88 valence electrons. The highest BCUT2D eigenvalue weighted by Crippen LogP contribution is 2.49. The summed E-state index contributed by atoms with van der Waals surface area (Å²) in [5.74, 6) is 0. The third-order valence-electron chi connectivity index (χ3n) is 3.39. The van der Waals surface area contributed by atoms with Crippen LogP contribution in [0, 0.1) is 10.8 Å². The number of hydrogen-bond donors (Lipinski definition) is 2. The zero-order valence-corrected chi connectivity index (χ0v) is 9.73. The Morgan fingerprint density at radius 3 is 1.33 bits per heavy atom. The monoisotopic (exact) mass is 216 g/mol. The molecule has 4 unspecified atom stereocenters. The number of rotatable bonds is 4. The van der Waals surface area contributed by atoms with Gasteiger partial charge in [0.25, 0.3) is 0 Å². The van der Waals surface area contributed by atoms with Gasteiger partial charge in [0.05, 0.1) is 0 Å². The van der Waals surface area contributed by atoms with Gasteiger partial charge < -0.3 is 19.7 Å². The van der Waals surface area contributed by atoms with Crippen LogP contribution in [-0.4, -0.2) is 35.0 Å². The SMILES string of the molecule is CC(C)(CC(C)(C)C1OC1O)C1OC1O. The zero-order valence-electron chi connectivity index (χ0n) is 9.73. The van der Waals surface area contributed by atoms with Crippen molar-refractivity contribution in [3.63, 3.8) is 0 Å². The predicted molar refractivity (Wildman–Crippen MR) is 53.9 cm³/mol. The van der Waals surface area contributed by atoms with Gasteiger partial charge in [0, 0.05) is 0 Å². The average Bonchev–Trinajstić information content (AvgIpc) is 2.86. The maximum Gasteiger partial charge on any atom is 0.182 e. The van der Waals surface area contributed by atoms with E-state index in [1.807, 2.05) is 0 Å². The Balaban J connectivity index is 1.95. The molecule has 0 saturated carbocycles. The van der Waals surface area contributed by atoms with E-state index >= 15 is 0 Å². The van der Waals surface area contributed by atoms with E-state index in [0.717, 1.165) is 6.42 Å². The van der Waals surface area contributed by atoms with E-state index in [1.165, 1.54) is 0 Å². The second-order valence-corrected chi connectivity index (χ2v) is 6.05. The standard InChI is InChI=1S/C11H20O4/c1-10(2,6-8(12)14-6)5-11(3,4)7-9(13)15-7/h6-9,12-13H,5H2,1-4H3. The first-order chi connectivity index (χ1) is 6.74. The lowest BCUT2D eigenvalue weighted by atomic mass is 9.71. The fourth-order valence-electron chi connectivity index (χ4n) is 2.73. The van der Waals surface area contributed by atoms with Crippen LogP contribution >= 0.6 is 0 Å². The summed E-state index contributed by atoms with van der Waals surface area (Å²) in [5.41, 5.74) is -0.177. The molecule has 0 amide bonds. The van der Waals surface area contributed by atoms with Gasteiger partial charge in [0.2, 0.25) is 0 Å². The Labute approximate surface area is 90.2 Å². The minimum Gasteiger partial charge on any atom is -0.366 e. The lowest BCUT2D eigenvalue weighted by molar-refractivity contribution is 0.120. The molecule has 2 saturated heterocycles. The summed E-state index contributed by atoms with van der Waals surface area (Å²) < 4.78 is 10.2. The quantitative estimate of drug-likeness (QED) is 0.684. The first kappa shape index (κ1) is 11.3. The number of aliphatic hydroxyl groups is 2. The number of ether oxygens (including phenoxy) is 2. The third-order valence-corrected chi connectivity index (χ3v) is 3.39. The fourth-order valence-corrected chi connectivity index (χ4v) is 2.73. The van der Waals surface area contributed by atoms with Gasteiger partial charge in [-0.2, -0.15) is 0 Å². The molecule has 4 nitrogen and oxygen atoms in total. The Hall–Kier alpha value is -0.160. The van der Waals surface area contributed by atoms with Crippen molar-refractivity contribution in [3.8, 4) is 0 Å².